The fourth-order valence-electron chi connectivity index (χ4n) is 0.972. The maximum Gasteiger partial charge on any atom is 0.354 e. The number of carbonyl (C=O) groups is 1. The highest BCUT2D eigenvalue weighted by Crippen LogP contribution is 2.18. The zero-order valence-electron chi connectivity index (χ0n) is 7.22. The number of carboxylic acid groups (broad SMARTS) is 1. The van der Waals surface area contributed by atoms with E-state index in [0.29, 0.717) is 5.56 Å². The van der Waals surface area contributed by atoms with E-state index in [1.165, 1.54) is 17.6 Å². The molecule has 2 rings (SSSR count). The lowest BCUT2D eigenvalue weighted by Gasteiger charge is -1.99. The molecule has 0 unspecified atom stereocenters. The van der Waals surface area contributed by atoms with Crippen molar-refractivity contribution in [1.29, 1.82) is 0 Å². The predicted octanol–water partition coefficient (Wildman–Crippen LogP) is 1.95. The summed E-state index contributed by atoms with van der Waals surface area (Å²) in [6.07, 6.45) is 1.56. The van der Waals surface area contributed by atoms with Crippen LogP contribution in [-0.2, 0) is 0 Å². The maximum absolute atomic E-state index is 10.7. The van der Waals surface area contributed by atoms with Crippen molar-refractivity contribution in [3.05, 3.63) is 28.5 Å². The molecule has 1 N–H and O–H groups in total. The minimum Gasteiger partial charge on any atom is -0.477 e. The third-order valence-corrected chi connectivity index (χ3v) is 2.38. The molecule has 0 amide bonds. The van der Waals surface area contributed by atoms with Crippen molar-refractivity contribution in [3.8, 4) is 11.4 Å². The lowest BCUT2D eigenvalue weighted by Crippen LogP contribution is -2.02. The van der Waals surface area contributed by atoms with E-state index in [1.54, 1.807) is 11.6 Å². The molecule has 0 fully saturated rings. The Kier molecular flexibility index (Phi) is 2.61. The largest absolute Gasteiger partial charge is 0.477 e. The molecular weight excluding hydrogens is 238 g/mol. The number of carboxylic acids is 1. The molecule has 0 spiro atoms. The van der Waals surface area contributed by atoms with Crippen molar-refractivity contribution in [2.75, 3.05) is 0 Å². The lowest BCUT2D eigenvalue weighted by molar-refractivity contribution is 0.0690. The number of nitrogens with zero attached hydrogens (tertiary/aromatic N) is 3. The summed E-state index contributed by atoms with van der Waals surface area (Å²) >= 11 is 6.91. The molecule has 0 atom stereocenters. The molecule has 0 saturated carbocycles. The van der Waals surface area contributed by atoms with Crippen molar-refractivity contribution in [2.24, 2.45) is 0 Å². The normalized spacial score (nSPS) is 10.2. The van der Waals surface area contributed by atoms with Crippen LogP contribution in [0, 0.1) is 0 Å². The van der Waals surface area contributed by atoms with Gasteiger partial charge in [0.25, 0.3) is 0 Å². The summed E-state index contributed by atoms with van der Waals surface area (Å²) in [4.78, 5) is 18.5. The summed E-state index contributed by atoms with van der Waals surface area (Å²) in [6.45, 7) is 0. The second kappa shape index (κ2) is 3.92. The zero-order valence-corrected chi connectivity index (χ0v) is 8.79. The van der Waals surface area contributed by atoms with Gasteiger partial charge in [-0.05, 0) is 11.5 Å². The molecule has 2 aromatic rings. The van der Waals surface area contributed by atoms with Crippen LogP contribution in [0.5, 0.6) is 0 Å². The summed E-state index contributed by atoms with van der Waals surface area (Å²) in [7, 11) is 0. The van der Waals surface area contributed by atoms with Gasteiger partial charge in [0.1, 0.15) is 5.15 Å². The Morgan fingerprint density at radius 1 is 1.47 bits per heavy atom. The third-order valence-electron chi connectivity index (χ3n) is 1.60. The van der Waals surface area contributed by atoms with Crippen LogP contribution in [0.2, 0.25) is 5.15 Å². The number of hydrogen-bond acceptors (Lipinski definition) is 5. The first-order valence-corrected chi connectivity index (χ1v) is 5.06. The standard InChI is InChI=1S/C8H4ClN3O2S/c9-6-1-5(8(13)14)11-7(12-6)4-2-10-15-3-4/h1-3H,(H,13,14). The Hall–Kier alpha value is -1.53. The molecule has 2 aromatic heterocycles. The number of aromatic carboxylic acids is 1. The Bertz CT molecular complexity index is 501. The molecule has 5 nitrogen and oxygen atoms in total. The second-order valence-corrected chi connectivity index (χ2v) is 3.66. The van der Waals surface area contributed by atoms with Gasteiger partial charge in [0.15, 0.2) is 11.5 Å². The number of rotatable bonds is 2. The van der Waals surface area contributed by atoms with Gasteiger partial charge in [-0.3, -0.25) is 0 Å². The van der Waals surface area contributed by atoms with Crippen LogP contribution in [0.15, 0.2) is 17.6 Å². The van der Waals surface area contributed by atoms with Crippen LogP contribution in [0.4, 0.5) is 0 Å². The monoisotopic (exact) mass is 241 g/mol. The lowest BCUT2D eigenvalue weighted by atomic mass is 10.3. The summed E-state index contributed by atoms with van der Waals surface area (Å²) in [5.74, 6) is -0.864. The maximum atomic E-state index is 10.7. The first-order chi connectivity index (χ1) is 7.16. The summed E-state index contributed by atoms with van der Waals surface area (Å²) in [5, 5.41) is 10.6. The van der Waals surface area contributed by atoms with Gasteiger partial charge in [0, 0.05) is 11.4 Å². The average molecular weight is 242 g/mol. The van der Waals surface area contributed by atoms with Gasteiger partial charge in [0.2, 0.25) is 0 Å². The minimum atomic E-state index is -1.14. The fourth-order valence-corrected chi connectivity index (χ4v) is 1.67. The average Bonchev–Trinajstić information content (AvgIpc) is 2.69. The van der Waals surface area contributed by atoms with Gasteiger partial charge >= 0.3 is 5.97 Å². The van der Waals surface area contributed by atoms with E-state index < -0.39 is 5.97 Å². The van der Waals surface area contributed by atoms with Gasteiger partial charge in [-0.15, -0.1) is 0 Å². The van der Waals surface area contributed by atoms with E-state index in [0.717, 1.165) is 0 Å². The highest BCUT2D eigenvalue weighted by molar-refractivity contribution is 7.03. The quantitative estimate of drug-likeness (QED) is 0.814. The molecule has 7 heteroatoms. The summed E-state index contributed by atoms with van der Waals surface area (Å²) < 4.78 is 3.87. The van der Waals surface area contributed by atoms with Crippen LogP contribution < -0.4 is 0 Å². The van der Waals surface area contributed by atoms with Crippen molar-refractivity contribution < 1.29 is 9.90 Å². The summed E-state index contributed by atoms with van der Waals surface area (Å²) in [5.41, 5.74) is 0.529. The van der Waals surface area contributed by atoms with E-state index in [9.17, 15) is 4.79 Å². The van der Waals surface area contributed by atoms with Crippen molar-refractivity contribution in [2.45, 2.75) is 0 Å². The SMILES string of the molecule is O=C(O)c1cc(Cl)nc(-c2cnsc2)n1. The van der Waals surface area contributed by atoms with Gasteiger partial charge in [-0.2, -0.15) is 0 Å². The van der Waals surface area contributed by atoms with Crippen LogP contribution in [0.25, 0.3) is 11.4 Å². The summed E-state index contributed by atoms with van der Waals surface area (Å²) in [6, 6.07) is 1.20. The first-order valence-electron chi connectivity index (χ1n) is 3.84. The highest BCUT2D eigenvalue weighted by atomic mass is 35.5. The van der Waals surface area contributed by atoms with Gasteiger partial charge in [-0.25, -0.2) is 19.1 Å². The van der Waals surface area contributed by atoms with E-state index in [2.05, 4.69) is 14.3 Å². The van der Waals surface area contributed by atoms with E-state index >= 15 is 0 Å². The second-order valence-electron chi connectivity index (χ2n) is 2.62. The Labute approximate surface area is 93.6 Å². The molecule has 0 aromatic carbocycles. The fraction of sp³-hybridized carbons (Fsp3) is 0. The van der Waals surface area contributed by atoms with Crippen LogP contribution in [0.1, 0.15) is 10.5 Å². The molecule has 0 aliphatic heterocycles. The van der Waals surface area contributed by atoms with E-state index in [-0.39, 0.29) is 16.7 Å². The smallest absolute Gasteiger partial charge is 0.354 e. The van der Waals surface area contributed by atoms with Crippen molar-refractivity contribution in [1.82, 2.24) is 14.3 Å². The van der Waals surface area contributed by atoms with Crippen LogP contribution in [0.3, 0.4) is 0 Å². The Balaban J connectivity index is 2.54. The topological polar surface area (TPSA) is 76.0 Å². The van der Waals surface area contributed by atoms with Gasteiger partial charge in [0.05, 0.1) is 11.8 Å². The minimum absolute atomic E-state index is 0.101. The van der Waals surface area contributed by atoms with Crippen LogP contribution >= 0.6 is 23.1 Å². The molecule has 15 heavy (non-hydrogen) atoms. The van der Waals surface area contributed by atoms with E-state index in [1.807, 2.05) is 0 Å². The molecule has 0 aliphatic rings. The van der Waals surface area contributed by atoms with Gasteiger partial charge in [-0.1, -0.05) is 11.6 Å². The first kappa shape index (κ1) is 10.0. The Morgan fingerprint density at radius 3 is 2.87 bits per heavy atom. The predicted molar refractivity (Wildman–Crippen MR) is 55.1 cm³/mol. The van der Waals surface area contributed by atoms with E-state index in [4.69, 9.17) is 16.7 Å². The third kappa shape index (κ3) is 2.11. The molecule has 0 aliphatic carbocycles. The zero-order chi connectivity index (χ0) is 10.8. The number of aromatic nitrogens is 3. The van der Waals surface area contributed by atoms with Crippen molar-refractivity contribution in [3.63, 3.8) is 0 Å². The number of halogens is 1. The van der Waals surface area contributed by atoms with Crippen LogP contribution in [-0.4, -0.2) is 25.4 Å². The molecule has 0 radical (unpaired) electrons. The molecule has 0 bridgehead atoms. The molecule has 76 valence electrons. The van der Waals surface area contributed by atoms with Gasteiger partial charge < -0.3 is 5.11 Å². The highest BCUT2D eigenvalue weighted by Gasteiger charge is 2.11. The molecular formula is C8H4ClN3O2S. The molecule has 2 heterocycles. The number of hydrogen-bond donors (Lipinski definition) is 1. The van der Waals surface area contributed by atoms with Crippen molar-refractivity contribution >= 4 is 29.1 Å². The Morgan fingerprint density at radius 2 is 2.27 bits per heavy atom. The molecule has 0 saturated heterocycles.